The van der Waals surface area contributed by atoms with Gasteiger partial charge in [-0.15, -0.1) is 0 Å². The quantitative estimate of drug-likeness (QED) is 0.498. The van der Waals surface area contributed by atoms with Gasteiger partial charge < -0.3 is 10.2 Å². The normalized spacial score (nSPS) is 25.3. The first-order valence-corrected chi connectivity index (χ1v) is 3.88. The third kappa shape index (κ3) is 1.08. The summed E-state index contributed by atoms with van der Waals surface area (Å²) in [4.78, 5) is 23.6. The molecule has 2 fully saturated rings. The first-order chi connectivity index (χ1) is 5.29. The Kier molecular flexibility index (Phi) is 1.34. The van der Waals surface area contributed by atoms with E-state index < -0.39 is 5.91 Å². The fourth-order valence-electron chi connectivity index (χ4n) is 1.33. The van der Waals surface area contributed by atoms with Crippen molar-refractivity contribution in [3.05, 3.63) is 0 Å². The van der Waals surface area contributed by atoms with Crippen molar-refractivity contribution in [3.63, 3.8) is 0 Å². The van der Waals surface area contributed by atoms with E-state index in [4.69, 9.17) is 0 Å². The smallest absolute Gasteiger partial charge is 0.312 e. The standard InChI is InChI=1S/C7H10N2O2/c10-6-7(11)9(4-3-8-6)5-1-2-5/h5H,1-4H2,(H,8,10). The van der Waals surface area contributed by atoms with E-state index in [0.29, 0.717) is 19.1 Å². The molecule has 0 aromatic carbocycles. The van der Waals surface area contributed by atoms with Crippen molar-refractivity contribution in [1.29, 1.82) is 0 Å². The van der Waals surface area contributed by atoms with Crippen LogP contribution in [-0.4, -0.2) is 35.8 Å². The minimum absolute atomic E-state index is 0.348. The topological polar surface area (TPSA) is 49.4 Å². The molecular formula is C7H10N2O2. The van der Waals surface area contributed by atoms with Crippen molar-refractivity contribution < 1.29 is 9.59 Å². The fraction of sp³-hybridized carbons (Fsp3) is 0.714. The summed E-state index contributed by atoms with van der Waals surface area (Å²) in [6.07, 6.45) is 2.14. The van der Waals surface area contributed by atoms with E-state index in [0.717, 1.165) is 12.8 Å². The number of nitrogens with one attached hydrogen (secondary N) is 1. The van der Waals surface area contributed by atoms with Gasteiger partial charge in [0.05, 0.1) is 0 Å². The molecule has 2 aliphatic rings. The Balaban J connectivity index is 2.07. The molecular weight excluding hydrogens is 144 g/mol. The number of amides is 2. The molecule has 0 radical (unpaired) electrons. The summed E-state index contributed by atoms with van der Waals surface area (Å²) in [6, 6.07) is 0.369. The van der Waals surface area contributed by atoms with E-state index in [2.05, 4.69) is 5.32 Å². The Morgan fingerprint density at radius 1 is 1.36 bits per heavy atom. The summed E-state index contributed by atoms with van der Waals surface area (Å²) in [7, 11) is 0. The molecule has 1 saturated carbocycles. The maximum absolute atomic E-state index is 11.1. The molecule has 1 aliphatic carbocycles. The van der Waals surface area contributed by atoms with Crippen LogP contribution in [0.25, 0.3) is 0 Å². The van der Waals surface area contributed by atoms with Crippen LogP contribution in [0, 0.1) is 0 Å². The van der Waals surface area contributed by atoms with Gasteiger partial charge in [0.1, 0.15) is 0 Å². The van der Waals surface area contributed by atoms with Crippen LogP contribution in [0.2, 0.25) is 0 Å². The number of nitrogens with zero attached hydrogens (tertiary/aromatic N) is 1. The average molecular weight is 154 g/mol. The molecule has 11 heavy (non-hydrogen) atoms. The van der Waals surface area contributed by atoms with Gasteiger partial charge in [0.25, 0.3) is 0 Å². The molecule has 60 valence electrons. The zero-order valence-corrected chi connectivity index (χ0v) is 6.17. The van der Waals surface area contributed by atoms with Crippen molar-refractivity contribution in [2.75, 3.05) is 13.1 Å². The molecule has 0 atom stereocenters. The van der Waals surface area contributed by atoms with Crippen molar-refractivity contribution in [2.24, 2.45) is 0 Å². The predicted molar refractivity (Wildman–Crippen MR) is 37.7 cm³/mol. The van der Waals surface area contributed by atoms with Crippen LogP contribution in [-0.2, 0) is 9.59 Å². The lowest BCUT2D eigenvalue weighted by Gasteiger charge is -2.25. The van der Waals surface area contributed by atoms with Crippen LogP contribution in [0.3, 0.4) is 0 Å². The highest BCUT2D eigenvalue weighted by Gasteiger charge is 2.37. The molecule has 1 N–H and O–H groups in total. The Bertz CT molecular complexity index is 210. The second-order valence-electron chi connectivity index (χ2n) is 2.99. The Morgan fingerprint density at radius 2 is 2.09 bits per heavy atom. The summed E-state index contributed by atoms with van der Waals surface area (Å²) in [5.41, 5.74) is 0. The number of hydrogen-bond acceptors (Lipinski definition) is 2. The fourth-order valence-corrected chi connectivity index (χ4v) is 1.33. The highest BCUT2D eigenvalue weighted by Crippen LogP contribution is 2.27. The maximum Gasteiger partial charge on any atom is 0.312 e. The molecule has 0 aromatic rings. The van der Waals surface area contributed by atoms with Gasteiger partial charge in [0.2, 0.25) is 0 Å². The lowest BCUT2D eigenvalue weighted by molar-refractivity contribution is -0.148. The Morgan fingerprint density at radius 3 is 2.73 bits per heavy atom. The van der Waals surface area contributed by atoms with Crippen molar-refractivity contribution in [1.82, 2.24) is 10.2 Å². The van der Waals surface area contributed by atoms with Crippen LogP contribution >= 0.6 is 0 Å². The molecule has 0 aromatic heterocycles. The van der Waals surface area contributed by atoms with Gasteiger partial charge in [-0.05, 0) is 12.8 Å². The van der Waals surface area contributed by atoms with Gasteiger partial charge in [-0.2, -0.15) is 0 Å². The monoisotopic (exact) mass is 154 g/mol. The van der Waals surface area contributed by atoms with Crippen molar-refractivity contribution in [2.45, 2.75) is 18.9 Å². The number of carbonyl (C=O) groups excluding carboxylic acids is 2. The van der Waals surface area contributed by atoms with E-state index >= 15 is 0 Å². The summed E-state index contributed by atoms with van der Waals surface area (Å²) in [5, 5.41) is 2.51. The number of rotatable bonds is 1. The minimum Gasteiger partial charge on any atom is -0.346 e. The van der Waals surface area contributed by atoms with Gasteiger partial charge in [-0.3, -0.25) is 9.59 Å². The molecule has 0 bridgehead atoms. The first-order valence-electron chi connectivity index (χ1n) is 3.88. The largest absolute Gasteiger partial charge is 0.346 e. The molecule has 0 spiro atoms. The van der Waals surface area contributed by atoms with Crippen LogP contribution in [0.5, 0.6) is 0 Å². The van der Waals surface area contributed by atoms with E-state index in [1.165, 1.54) is 0 Å². The summed E-state index contributed by atoms with van der Waals surface area (Å²) >= 11 is 0. The van der Waals surface area contributed by atoms with E-state index in [-0.39, 0.29) is 5.91 Å². The molecule has 1 heterocycles. The number of carbonyl (C=O) groups is 2. The van der Waals surface area contributed by atoms with Gasteiger partial charge in [0, 0.05) is 19.1 Å². The summed E-state index contributed by atoms with van der Waals surface area (Å²) in [6.45, 7) is 1.30. The third-order valence-electron chi connectivity index (χ3n) is 2.08. The first kappa shape index (κ1) is 6.64. The van der Waals surface area contributed by atoms with Crippen molar-refractivity contribution >= 4 is 11.8 Å². The van der Waals surface area contributed by atoms with E-state index in [1.54, 1.807) is 4.90 Å². The van der Waals surface area contributed by atoms with Crippen molar-refractivity contribution in [3.8, 4) is 0 Å². The Hall–Kier alpha value is -1.06. The summed E-state index contributed by atoms with van der Waals surface area (Å²) < 4.78 is 0. The maximum atomic E-state index is 11.1. The lowest BCUT2D eigenvalue weighted by atomic mass is 10.3. The highest BCUT2D eigenvalue weighted by molar-refractivity contribution is 6.35. The molecule has 4 nitrogen and oxygen atoms in total. The van der Waals surface area contributed by atoms with Crippen LogP contribution in [0.4, 0.5) is 0 Å². The minimum atomic E-state index is -0.442. The van der Waals surface area contributed by atoms with Gasteiger partial charge in [0.15, 0.2) is 0 Å². The van der Waals surface area contributed by atoms with Gasteiger partial charge in [-0.1, -0.05) is 0 Å². The van der Waals surface area contributed by atoms with Gasteiger partial charge >= 0.3 is 11.8 Å². The highest BCUT2D eigenvalue weighted by atomic mass is 16.2. The second kappa shape index (κ2) is 2.22. The predicted octanol–water partition coefficient (Wildman–Crippen LogP) is -0.893. The van der Waals surface area contributed by atoms with E-state index in [9.17, 15) is 9.59 Å². The van der Waals surface area contributed by atoms with E-state index in [1.807, 2.05) is 0 Å². The molecule has 4 heteroatoms. The molecule has 2 amide bonds. The van der Waals surface area contributed by atoms with Gasteiger partial charge in [-0.25, -0.2) is 0 Å². The molecule has 2 rings (SSSR count). The van der Waals surface area contributed by atoms with Crippen LogP contribution in [0.15, 0.2) is 0 Å². The number of piperazine rings is 1. The summed E-state index contributed by atoms with van der Waals surface area (Å²) in [5.74, 6) is -0.790. The zero-order chi connectivity index (χ0) is 7.84. The third-order valence-corrected chi connectivity index (χ3v) is 2.08. The van der Waals surface area contributed by atoms with Crippen LogP contribution < -0.4 is 5.32 Å². The second-order valence-corrected chi connectivity index (χ2v) is 2.99. The SMILES string of the molecule is O=C1NCCN(C2CC2)C1=O. The average Bonchev–Trinajstić information content (AvgIpc) is 2.77. The lowest BCUT2D eigenvalue weighted by Crippen LogP contribution is -2.52. The zero-order valence-electron chi connectivity index (χ0n) is 6.17. The Labute approximate surface area is 64.5 Å². The number of hydrogen-bond donors (Lipinski definition) is 1. The van der Waals surface area contributed by atoms with Crippen LogP contribution in [0.1, 0.15) is 12.8 Å². The molecule has 0 unspecified atom stereocenters. The molecule has 1 saturated heterocycles. The molecule has 1 aliphatic heterocycles.